The number of unbranched alkanes of at least 4 members (excludes halogenated alkanes) is 6. The molecule has 3 atom stereocenters. The number of rotatable bonds is 13. The predicted octanol–water partition coefficient (Wildman–Crippen LogP) is 6.36. The molecule has 0 saturated heterocycles. The van der Waals surface area contributed by atoms with Crippen LogP contribution in [0.25, 0.3) is 0 Å². The molecule has 0 aromatic carbocycles. The van der Waals surface area contributed by atoms with Gasteiger partial charge in [-0.2, -0.15) is 0 Å². The van der Waals surface area contributed by atoms with Crippen LogP contribution in [0.4, 0.5) is 0 Å². The Morgan fingerprint density at radius 1 is 1.14 bits per heavy atom. The van der Waals surface area contributed by atoms with Crippen molar-refractivity contribution in [2.45, 2.75) is 84.0 Å². The third-order valence-corrected chi connectivity index (χ3v) is 6.49. The van der Waals surface area contributed by atoms with E-state index < -0.39 is 10.1 Å². The zero-order valence-electron chi connectivity index (χ0n) is 14.2. The van der Waals surface area contributed by atoms with Crippen molar-refractivity contribution in [3.63, 3.8) is 0 Å². The van der Waals surface area contributed by atoms with Crippen LogP contribution in [0.1, 0.15) is 84.0 Å². The Balaban J connectivity index is 2.07. The minimum atomic E-state index is -1.68. The van der Waals surface area contributed by atoms with Crippen molar-refractivity contribution in [1.82, 2.24) is 0 Å². The maximum absolute atomic E-state index is 10.5. The molecule has 1 saturated carbocycles. The summed E-state index contributed by atoms with van der Waals surface area (Å²) in [6, 6.07) is 0. The Bertz CT molecular complexity index is 318. The van der Waals surface area contributed by atoms with Crippen LogP contribution < -0.4 is 0 Å². The zero-order chi connectivity index (χ0) is 16.0. The largest absolute Gasteiger partial charge is 0.298 e. The fourth-order valence-corrected chi connectivity index (χ4v) is 4.70. The van der Waals surface area contributed by atoms with Gasteiger partial charge in [-0.25, -0.2) is 4.21 Å². The molecule has 2 nitrogen and oxygen atoms in total. The number of hydrogen-bond acceptors (Lipinski definition) is 2. The van der Waals surface area contributed by atoms with Gasteiger partial charge in [0.15, 0.2) is 0 Å². The van der Waals surface area contributed by atoms with E-state index in [1.54, 1.807) is 0 Å². The van der Waals surface area contributed by atoms with Crippen molar-refractivity contribution in [2.24, 2.45) is 11.8 Å². The van der Waals surface area contributed by atoms with Crippen molar-refractivity contribution in [2.75, 3.05) is 5.75 Å². The summed E-state index contributed by atoms with van der Waals surface area (Å²) < 4.78 is 19.2. The summed E-state index contributed by atoms with van der Waals surface area (Å²) in [5.74, 6) is 2.53. The monoisotopic (exact) mass is 346 g/mol. The molecule has 0 aliphatic heterocycles. The standard InChI is InChI=1S/C18H34O2S2/c1-2-3-4-5-6-8-12-17-14-11-15-18(17)13-9-7-10-16-21-22(19)20/h8,12,17-18H,2-7,9-11,13-16H2,1H3,(H,19,20)/t17-,18-/m0/s1. The van der Waals surface area contributed by atoms with E-state index in [-0.39, 0.29) is 0 Å². The van der Waals surface area contributed by atoms with Gasteiger partial charge < -0.3 is 0 Å². The molecule has 0 heterocycles. The lowest BCUT2D eigenvalue weighted by molar-refractivity contribution is 0.406. The highest BCUT2D eigenvalue weighted by atomic mass is 33.1. The van der Waals surface area contributed by atoms with Gasteiger partial charge in [0.25, 0.3) is 0 Å². The summed E-state index contributed by atoms with van der Waals surface area (Å²) in [7, 11) is -0.528. The highest BCUT2D eigenvalue weighted by Gasteiger charge is 2.24. The molecular weight excluding hydrogens is 312 g/mol. The van der Waals surface area contributed by atoms with Gasteiger partial charge in [-0.05, 0) is 61.2 Å². The van der Waals surface area contributed by atoms with Crippen molar-refractivity contribution >= 4 is 20.9 Å². The molecule has 1 aliphatic rings. The molecule has 130 valence electrons. The van der Waals surface area contributed by atoms with Gasteiger partial charge in [-0.15, -0.1) is 0 Å². The topological polar surface area (TPSA) is 37.3 Å². The third kappa shape index (κ3) is 10.1. The van der Waals surface area contributed by atoms with E-state index in [0.717, 1.165) is 34.8 Å². The first-order chi connectivity index (χ1) is 10.7. The molecule has 4 heteroatoms. The maximum Gasteiger partial charge on any atom is 0.216 e. The maximum atomic E-state index is 10.5. The first kappa shape index (κ1) is 20.2. The molecule has 1 aliphatic carbocycles. The molecular formula is C18H34O2S2. The van der Waals surface area contributed by atoms with E-state index >= 15 is 0 Å². The summed E-state index contributed by atoms with van der Waals surface area (Å²) in [5, 5.41) is 0. The van der Waals surface area contributed by atoms with Crippen LogP contribution in [-0.2, 0) is 10.1 Å². The van der Waals surface area contributed by atoms with E-state index in [0.29, 0.717) is 0 Å². The molecule has 0 amide bonds. The summed E-state index contributed by atoms with van der Waals surface area (Å²) in [6.45, 7) is 2.26. The summed E-state index contributed by atoms with van der Waals surface area (Å²) in [4.78, 5) is 0. The Labute approximate surface area is 143 Å². The van der Waals surface area contributed by atoms with Crippen LogP contribution in [0.15, 0.2) is 12.2 Å². The van der Waals surface area contributed by atoms with Crippen molar-refractivity contribution in [3.8, 4) is 0 Å². The number of hydrogen-bond donors (Lipinski definition) is 1. The van der Waals surface area contributed by atoms with Crippen LogP contribution in [0.2, 0.25) is 0 Å². The van der Waals surface area contributed by atoms with Gasteiger partial charge in [0.2, 0.25) is 10.1 Å². The van der Waals surface area contributed by atoms with Crippen molar-refractivity contribution < 1.29 is 8.76 Å². The molecule has 0 spiro atoms. The molecule has 1 fully saturated rings. The predicted molar refractivity (Wildman–Crippen MR) is 100 cm³/mol. The molecule has 22 heavy (non-hydrogen) atoms. The van der Waals surface area contributed by atoms with Crippen molar-refractivity contribution in [3.05, 3.63) is 12.2 Å². The second-order valence-electron chi connectivity index (χ2n) is 6.52. The Hall–Kier alpha value is 0.200. The van der Waals surface area contributed by atoms with E-state index in [1.165, 1.54) is 70.6 Å². The van der Waals surface area contributed by atoms with Crippen LogP contribution in [0, 0.1) is 11.8 Å². The lowest BCUT2D eigenvalue weighted by Gasteiger charge is -2.16. The molecule has 0 bridgehead atoms. The second kappa shape index (κ2) is 13.6. The van der Waals surface area contributed by atoms with Crippen LogP contribution in [0.5, 0.6) is 0 Å². The fourth-order valence-electron chi connectivity index (χ4n) is 3.45. The molecule has 1 rings (SSSR count). The molecule has 0 radical (unpaired) electrons. The Morgan fingerprint density at radius 3 is 2.73 bits per heavy atom. The SMILES string of the molecule is CCCCCCC=C[C@H]1CCC[C@@H]1CCCCCSS(=O)O. The lowest BCUT2D eigenvalue weighted by Crippen LogP contribution is -2.05. The van der Waals surface area contributed by atoms with E-state index in [1.807, 2.05) is 0 Å². The fraction of sp³-hybridized carbons (Fsp3) is 0.889. The summed E-state index contributed by atoms with van der Waals surface area (Å²) in [5.41, 5.74) is 0. The Morgan fingerprint density at radius 2 is 1.95 bits per heavy atom. The second-order valence-corrected chi connectivity index (χ2v) is 9.16. The zero-order valence-corrected chi connectivity index (χ0v) is 15.8. The van der Waals surface area contributed by atoms with Gasteiger partial charge in [0, 0.05) is 5.75 Å². The molecule has 1 unspecified atom stereocenters. The minimum absolute atomic E-state index is 0.814. The average Bonchev–Trinajstić information content (AvgIpc) is 2.93. The third-order valence-electron chi connectivity index (χ3n) is 4.73. The summed E-state index contributed by atoms with van der Waals surface area (Å²) >= 11 is 0. The highest BCUT2D eigenvalue weighted by Crippen LogP contribution is 2.36. The van der Waals surface area contributed by atoms with Gasteiger partial charge in [0.1, 0.15) is 0 Å². The minimum Gasteiger partial charge on any atom is -0.298 e. The van der Waals surface area contributed by atoms with Crippen LogP contribution in [0.3, 0.4) is 0 Å². The highest BCUT2D eigenvalue weighted by molar-refractivity contribution is 8.67. The first-order valence-corrected chi connectivity index (χ1v) is 11.8. The number of allylic oxidation sites excluding steroid dienone is 2. The molecule has 0 aromatic rings. The van der Waals surface area contributed by atoms with Gasteiger partial charge >= 0.3 is 0 Å². The lowest BCUT2D eigenvalue weighted by atomic mass is 9.90. The smallest absolute Gasteiger partial charge is 0.216 e. The van der Waals surface area contributed by atoms with E-state index in [4.69, 9.17) is 4.55 Å². The quantitative estimate of drug-likeness (QED) is 0.182. The van der Waals surface area contributed by atoms with Gasteiger partial charge in [-0.1, -0.05) is 57.6 Å². The van der Waals surface area contributed by atoms with Gasteiger partial charge in [0.05, 0.1) is 0 Å². The van der Waals surface area contributed by atoms with Crippen LogP contribution in [-0.4, -0.2) is 14.5 Å². The summed E-state index contributed by atoms with van der Waals surface area (Å²) in [6.07, 6.45) is 20.7. The molecule has 1 N–H and O–H groups in total. The van der Waals surface area contributed by atoms with Crippen LogP contribution >= 0.6 is 10.8 Å². The van der Waals surface area contributed by atoms with Crippen molar-refractivity contribution in [1.29, 1.82) is 0 Å². The normalized spacial score (nSPS) is 23.4. The average molecular weight is 347 g/mol. The van der Waals surface area contributed by atoms with E-state index in [9.17, 15) is 4.21 Å². The first-order valence-electron chi connectivity index (χ1n) is 9.14. The molecule has 0 aromatic heterocycles. The Kier molecular flexibility index (Phi) is 12.5. The van der Waals surface area contributed by atoms with Gasteiger partial charge in [-0.3, -0.25) is 4.55 Å². The van der Waals surface area contributed by atoms with E-state index in [2.05, 4.69) is 19.1 Å².